The standard InChI is InChI=1S/C23H18ClF3N4OS/c1-14-17(24)7-3-8-18(14)29-20(32)12-31-21-19(9-4-10-28-21)30-22(31)33-13-15-5-2-6-16(11-15)23(25,26)27/h2-11H,12-13H2,1H3,(H,29,32). The fourth-order valence-corrected chi connectivity index (χ4v) is 4.37. The molecule has 4 rings (SSSR count). The Morgan fingerprint density at radius 1 is 1.15 bits per heavy atom. The van der Waals surface area contributed by atoms with Gasteiger partial charge >= 0.3 is 6.18 Å². The maximum atomic E-state index is 13.0. The van der Waals surface area contributed by atoms with Gasteiger partial charge in [0.2, 0.25) is 5.91 Å². The van der Waals surface area contributed by atoms with Gasteiger partial charge in [-0.2, -0.15) is 13.2 Å². The van der Waals surface area contributed by atoms with Gasteiger partial charge in [-0.3, -0.25) is 9.36 Å². The summed E-state index contributed by atoms with van der Waals surface area (Å²) >= 11 is 7.37. The lowest BCUT2D eigenvalue weighted by molar-refractivity contribution is -0.137. The van der Waals surface area contributed by atoms with Crippen LogP contribution in [0.3, 0.4) is 0 Å². The molecule has 170 valence electrons. The summed E-state index contributed by atoms with van der Waals surface area (Å²) in [4.78, 5) is 21.7. The first kappa shape index (κ1) is 23.1. The average molecular weight is 491 g/mol. The van der Waals surface area contributed by atoms with E-state index in [4.69, 9.17) is 11.6 Å². The number of pyridine rings is 1. The second-order valence-electron chi connectivity index (χ2n) is 7.27. The molecule has 2 heterocycles. The minimum Gasteiger partial charge on any atom is -0.324 e. The van der Waals surface area contributed by atoms with Gasteiger partial charge < -0.3 is 5.32 Å². The van der Waals surface area contributed by atoms with Crippen molar-refractivity contribution in [2.45, 2.75) is 30.6 Å². The van der Waals surface area contributed by atoms with E-state index in [1.165, 1.54) is 17.8 Å². The molecular formula is C23H18ClF3N4OS. The SMILES string of the molecule is Cc1c(Cl)cccc1NC(=O)Cn1c(SCc2cccc(C(F)(F)F)c2)nc2cccnc21. The van der Waals surface area contributed by atoms with Crippen LogP contribution in [0.15, 0.2) is 66.0 Å². The van der Waals surface area contributed by atoms with Crippen molar-refractivity contribution in [2.24, 2.45) is 0 Å². The maximum absolute atomic E-state index is 13.0. The monoisotopic (exact) mass is 490 g/mol. The Balaban J connectivity index is 1.57. The van der Waals surface area contributed by atoms with Gasteiger partial charge in [-0.25, -0.2) is 9.97 Å². The molecule has 0 saturated carbocycles. The zero-order valence-corrected chi connectivity index (χ0v) is 18.9. The molecule has 1 N–H and O–H groups in total. The molecule has 0 bridgehead atoms. The van der Waals surface area contributed by atoms with E-state index in [0.717, 1.165) is 17.7 Å². The molecule has 0 aliphatic heterocycles. The number of thioether (sulfide) groups is 1. The van der Waals surface area contributed by atoms with Crippen LogP contribution in [0.25, 0.3) is 11.2 Å². The third-order valence-corrected chi connectivity index (χ3v) is 6.39. The summed E-state index contributed by atoms with van der Waals surface area (Å²) in [5.74, 6) is -0.0475. The Bertz CT molecular complexity index is 1320. The molecule has 0 radical (unpaired) electrons. The van der Waals surface area contributed by atoms with Crippen molar-refractivity contribution in [2.75, 3.05) is 5.32 Å². The first-order valence-electron chi connectivity index (χ1n) is 9.87. The second kappa shape index (κ2) is 9.44. The van der Waals surface area contributed by atoms with Crippen molar-refractivity contribution >= 4 is 46.1 Å². The van der Waals surface area contributed by atoms with Crippen LogP contribution in [-0.4, -0.2) is 20.4 Å². The number of rotatable bonds is 6. The highest BCUT2D eigenvalue weighted by atomic mass is 35.5. The molecule has 2 aromatic carbocycles. The summed E-state index contributed by atoms with van der Waals surface area (Å²) in [5.41, 5.74) is 2.26. The first-order valence-corrected chi connectivity index (χ1v) is 11.2. The van der Waals surface area contributed by atoms with Crippen molar-refractivity contribution in [3.63, 3.8) is 0 Å². The van der Waals surface area contributed by atoms with E-state index in [2.05, 4.69) is 15.3 Å². The molecule has 0 saturated heterocycles. The number of halogens is 4. The molecule has 10 heteroatoms. The summed E-state index contributed by atoms with van der Waals surface area (Å²) in [7, 11) is 0. The van der Waals surface area contributed by atoms with Crippen LogP contribution in [0.2, 0.25) is 5.02 Å². The lowest BCUT2D eigenvalue weighted by Gasteiger charge is -2.12. The zero-order valence-electron chi connectivity index (χ0n) is 17.4. The van der Waals surface area contributed by atoms with Gasteiger partial charge in [0, 0.05) is 22.7 Å². The number of fused-ring (bicyclic) bond motifs is 1. The zero-order chi connectivity index (χ0) is 23.6. The molecule has 0 atom stereocenters. The van der Waals surface area contributed by atoms with E-state index in [9.17, 15) is 18.0 Å². The Morgan fingerprint density at radius 3 is 2.73 bits per heavy atom. The van der Waals surface area contributed by atoms with Crippen LogP contribution in [0.1, 0.15) is 16.7 Å². The van der Waals surface area contributed by atoms with Crippen LogP contribution in [0.5, 0.6) is 0 Å². The number of nitrogens with zero attached hydrogens (tertiary/aromatic N) is 3. The van der Waals surface area contributed by atoms with Gasteiger partial charge in [0.1, 0.15) is 12.1 Å². The average Bonchev–Trinajstić information content (AvgIpc) is 3.12. The van der Waals surface area contributed by atoms with Crippen molar-refractivity contribution in [3.8, 4) is 0 Å². The smallest absolute Gasteiger partial charge is 0.324 e. The van der Waals surface area contributed by atoms with Crippen molar-refractivity contribution < 1.29 is 18.0 Å². The van der Waals surface area contributed by atoms with Gasteiger partial charge in [0.25, 0.3) is 0 Å². The van der Waals surface area contributed by atoms with Crippen LogP contribution in [-0.2, 0) is 23.3 Å². The number of aromatic nitrogens is 3. The quantitative estimate of drug-likeness (QED) is 0.320. The number of imidazole rings is 1. The number of amides is 1. The minimum absolute atomic E-state index is 0.0651. The summed E-state index contributed by atoms with van der Waals surface area (Å²) in [6.45, 7) is 1.74. The lowest BCUT2D eigenvalue weighted by Crippen LogP contribution is -2.20. The molecule has 0 unspecified atom stereocenters. The van der Waals surface area contributed by atoms with Gasteiger partial charge in [0.05, 0.1) is 5.56 Å². The number of hydrogen-bond donors (Lipinski definition) is 1. The van der Waals surface area contributed by atoms with Gasteiger partial charge in [0.15, 0.2) is 10.8 Å². The van der Waals surface area contributed by atoms with Crippen LogP contribution < -0.4 is 5.32 Å². The summed E-state index contributed by atoms with van der Waals surface area (Å²) in [6.07, 6.45) is -2.81. The van der Waals surface area contributed by atoms with E-state index in [-0.39, 0.29) is 18.2 Å². The normalized spacial score (nSPS) is 11.7. The second-order valence-corrected chi connectivity index (χ2v) is 8.62. The largest absolute Gasteiger partial charge is 0.416 e. The summed E-state index contributed by atoms with van der Waals surface area (Å²) < 4.78 is 40.7. The third-order valence-electron chi connectivity index (χ3n) is 4.93. The number of nitrogens with one attached hydrogen (secondary N) is 1. The predicted octanol–water partition coefficient (Wildman–Crippen LogP) is 6.34. The van der Waals surface area contributed by atoms with E-state index < -0.39 is 11.7 Å². The molecule has 0 spiro atoms. The number of carbonyl (C=O) groups excluding carboxylic acids is 1. The third kappa shape index (κ3) is 5.31. The van der Waals surface area contributed by atoms with Gasteiger partial charge in [-0.05, 0) is 48.4 Å². The Hall–Kier alpha value is -3.04. The predicted molar refractivity (Wildman–Crippen MR) is 123 cm³/mol. The number of hydrogen-bond acceptors (Lipinski definition) is 4. The van der Waals surface area contributed by atoms with E-state index in [1.54, 1.807) is 47.2 Å². The summed E-state index contributed by atoms with van der Waals surface area (Å²) in [6, 6.07) is 13.9. The van der Waals surface area contributed by atoms with Crippen LogP contribution in [0.4, 0.5) is 18.9 Å². The number of anilines is 1. The number of benzene rings is 2. The minimum atomic E-state index is -4.41. The van der Waals surface area contributed by atoms with Crippen LogP contribution >= 0.6 is 23.4 Å². The molecule has 0 fully saturated rings. The molecule has 33 heavy (non-hydrogen) atoms. The highest BCUT2D eigenvalue weighted by Crippen LogP contribution is 2.32. The topological polar surface area (TPSA) is 59.8 Å². The highest BCUT2D eigenvalue weighted by Gasteiger charge is 2.30. The molecule has 1 amide bonds. The molecule has 2 aromatic heterocycles. The van der Waals surface area contributed by atoms with Gasteiger partial charge in [-0.1, -0.05) is 47.6 Å². The molecule has 5 nitrogen and oxygen atoms in total. The lowest BCUT2D eigenvalue weighted by atomic mass is 10.1. The Kier molecular flexibility index (Phi) is 6.62. The van der Waals surface area contributed by atoms with Gasteiger partial charge in [-0.15, -0.1) is 0 Å². The van der Waals surface area contributed by atoms with E-state index in [1.807, 2.05) is 6.92 Å². The van der Waals surface area contributed by atoms with Crippen molar-refractivity contribution in [3.05, 3.63) is 82.5 Å². The molecule has 0 aliphatic rings. The van der Waals surface area contributed by atoms with Crippen LogP contribution in [0, 0.1) is 6.92 Å². The number of carbonyl (C=O) groups is 1. The van der Waals surface area contributed by atoms with Crippen molar-refractivity contribution in [1.82, 2.24) is 14.5 Å². The Morgan fingerprint density at radius 2 is 1.94 bits per heavy atom. The fraction of sp³-hybridized carbons (Fsp3) is 0.174. The number of alkyl halides is 3. The molecular weight excluding hydrogens is 473 g/mol. The molecule has 0 aliphatic carbocycles. The Labute approximate surface area is 197 Å². The highest BCUT2D eigenvalue weighted by molar-refractivity contribution is 7.98. The maximum Gasteiger partial charge on any atom is 0.416 e. The van der Waals surface area contributed by atoms with E-state index in [0.29, 0.717) is 32.6 Å². The summed E-state index contributed by atoms with van der Waals surface area (Å²) in [5, 5.41) is 3.87. The van der Waals surface area contributed by atoms with Crippen molar-refractivity contribution in [1.29, 1.82) is 0 Å². The van der Waals surface area contributed by atoms with E-state index >= 15 is 0 Å². The fourth-order valence-electron chi connectivity index (χ4n) is 3.25. The molecule has 4 aromatic rings. The first-order chi connectivity index (χ1) is 15.7.